The monoisotopic (exact) mass is 193 g/mol. The van der Waals surface area contributed by atoms with Crippen LogP contribution in [0.3, 0.4) is 0 Å². The Morgan fingerprint density at radius 3 is 2.64 bits per heavy atom. The highest BCUT2D eigenvalue weighted by Gasteiger charge is 2.09. The maximum atomic E-state index is 5.98. The Balaban J connectivity index is 3.07. The van der Waals surface area contributed by atoms with E-state index in [4.69, 9.17) is 11.5 Å². The molecule has 4 N–H and O–H groups in total. The van der Waals surface area contributed by atoms with Gasteiger partial charge in [0, 0.05) is 23.5 Å². The predicted octanol–water partition coefficient (Wildman–Crippen LogP) is 2.36. The van der Waals surface area contributed by atoms with Gasteiger partial charge in [0.25, 0.3) is 0 Å². The predicted molar refractivity (Wildman–Crippen MR) is 61.7 cm³/mol. The van der Waals surface area contributed by atoms with Gasteiger partial charge in [-0.05, 0) is 26.3 Å². The number of hydrogen-bond donors (Lipinski definition) is 2. The van der Waals surface area contributed by atoms with E-state index < -0.39 is 0 Å². The zero-order valence-corrected chi connectivity index (χ0v) is 9.12. The van der Waals surface area contributed by atoms with Gasteiger partial charge in [-0.15, -0.1) is 0 Å². The van der Waals surface area contributed by atoms with E-state index >= 15 is 0 Å². The highest BCUT2D eigenvalue weighted by Crippen LogP contribution is 2.22. The molecule has 0 aliphatic rings. The third kappa shape index (κ3) is 1.92. The maximum Gasteiger partial charge on any atom is 0.112 e. The third-order valence-electron chi connectivity index (χ3n) is 2.25. The van der Waals surface area contributed by atoms with E-state index in [1.165, 1.54) is 0 Å². The highest BCUT2D eigenvalue weighted by atomic mass is 15.1. The number of aromatic nitrogens is 1. The summed E-state index contributed by atoms with van der Waals surface area (Å²) in [7, 11) is 0. The first-order chi connectivity index (χ1) is 6.57. The van der Waals surface area contributed by atoms with Crippen molar-refractivity contribution in [3.63, 3.8) is 0 Å². The van der Waals surface area contributed by atoms with Gasteiger partial charge in [0.2, 0.25) is 0 Å². The summed E-state index contributed by atoms with van der Waals surface area (Å²) in [6, 6.07) is 2.34. The molecular formula is C11H19N3. The molecule has 0 unspecified atom stereocenters. The van der Waals surface area contributed by atoms with Crippen LogP contribution in [-0.4, -0.2) is 4.57 Å². The normalized spacial score (nSPS) is 12.4. The Morgan fingerprint density at radius 1 is 1.57 bits per heavy atom. The quantitative estimate of drug-likeness (QED) is 0.774. The Kier molecular flexibility index (Phi) is 3.23. The SMILES string of the molecule is CC/C=C(/N)c1ccn(C(C)C)c1N. The van der Waals surface area contributed by atoms with Gasteiger partial charge in [-0.3, -0.25) is 0 Å². The molecule has 14 heavy (non-hydrogen) atoms. The van der Waals surface area contributed by atoms with Crippen LogP contribution in [0.1, 0.15) is 38.8 Å². The van der Waals surface area contributed by atoms with Crippen molar-refractivity contribution >= 4 is 11.5 Å². The van der Waals surface area contributed by atoms with Crippen molar-refractivity contribution in [3.05, 3.63) is 23.9 Å². The summed E-state index contributed by atoms with van der Waals surface area (Å²) in [5.74, 6) is 0.752. The zero-order valence-electron chi connectivity index (χ0n) is 9.12. The van der Waals surface area contributed by atoms with Gasteiger partial charge in [-0.25, -0.2) is 0 Å². The number of anilines is 1. The molecule has 3 nitrogen and oxygen atoms in total. The number of allylic oxidation sites excluding steroid dienone is 1. The molecular weight excluding hydrogens is 174 g/mol. The lowest BCUT2D eigenvalue weighted by Gasteiger charge is -2.10. The fourth-order valence-corrected chi connectivity index (χ4v) is 1.48. The van der Waals surface area contributed by atoms with Gasteiger partial charge in [-0.1, -0.05) is 13.0 Å². The van der Waals surface area contributed by atoms with E-state index in [0.29, 0.717) is 6.04 Å². The van der Waals surface area contributed by atoms with E-state index in [0.717, 1.165) is 23.5 Å². The standard InChI is InChI=1S/C11H19N3/c1-4-5-10(12)9-6-7-14(8(2)3)11(9)13/h5-8H,4,12-13H2,1-3H3/b10-5+. The molecule has 0 aliphatic heterocycles. The Hall–Kier alpha value is -1.38. The van der Waals surface area contributed by atoms with Crippen LogP contribution < -0.4 is 11.5 Å². The van der Waals surface area contributed by atoms with Gasteiger partial charge in [0.1, 0.15) is 5.82 Å². The summed E-state index contributed by atoms with van der Waals surface area (Å²) in [5, 5.41) is 0. The molecule has 0 amide bonds. The van der Waals surface area contributed by atoms with Crippen molar-refractivity contribution in [2.24, 2.45) is 5.73 Å². The van der Waals surface area contributed by atoms with Crippen LogP contribution in [0.5, 0.6) is 0 Å². The van der Waals surface area contributed by atoms with E-state index in [1.54, 1.807) is 0 Å². The minimum Gasteiger partial charge on any atom is -0.398 e. The molecule has 0 aliphatic carbocycles. The fraction of sp³-hybridized carbons (Fsp3) is 0.455. The molecule has 1 rings (SSSR count). The van der Waals surface area contributed by atoms with Crippen LogP contribution in [0, 0.1) is 0 Å². The van der Waals surface area contributed by atoms with Crippen LogP contribution in [0.2, 0.25) is 0 Å². The Labute approximate surface area is 85.4 Å². The summed E-state index contributed by atoms with van der Waals surface area (Å²) < 4.78 is 2.02. The summed E-state index contributed by atoms with van der Waals surface area (Å²) in [5.41, 5.74) is 13.6. The van der Waals surface area contributed by atoms with Gasteiger partial charge in [0.05, 0.1) is 0 Å². The molecule has 0 radical (unpaired) electrons. The lowest BCUT2D eigenvalue weighted by molar-refractivity contribution is 0.611. The van der Waals surface area contributed by atoms with Crippen molar-refractivity contribution in [1.29, 1.82) is 0 Å². The van der Waals surface area contributed by atoms with Crippen LogP contribution in [0.15, 0.2) is 18.3 Å². The summed E-state index contributed by atoms with van der Waals surface area (Å²) in [4.78, 5) is 0. The van der Waals surface area contributed by atoms with Gasteiger partial charge >= 0.3 is 0 Å². The first-order valence-electron chi connectivity index (χ1n) is 5.00. The van der Waals surface area contributed by atoms with Crippen LogP contribution in [-0.2, 0) is 0 Å². The second-order valence-corrected chi connectivity index (χ2v) is 3.68. The summed E-state index contributed by atoms with van der Waals surface area (Å²) >= 11 is 0. The molecule has 0 saturated heterocycles. The Morgan fingerprint density at radius 2 is 2.21 bits per heavy atom. The first kappa shape index (κ1) is 10.7. The van der Waals surface area contributed by atoms with Crippen LogP contribution in [0.4, 0.5) is 5.82 Å². The second-order valence-electron chi connectivity index (χ2n) is 3.68. The minimum atomic E-state index is 0.373. The molecule has 1 aromatic heterocycles. The molecule has 3 heteroatoms. The molecule has 1 heterocycles. The summed E-state index contributed by atoms with van der Waals surface area (Å²) in [6.45, 7) is 6.25. The lowest BCUT2D eigenvalue weighted by atomic mass is 10.2. The average molecular weight is 193 g/mol. The molecule has 0 atom stereocenters. The zero-order chi connectivity index (χ0) is 10.7. The van der Waals surface area contributed by atoms with E-state index in [2.05, 4.69) is 20.8 Å². The van der Waals surface area contributed by atoms with Crippen molar-refractivity contribution in [2.45, 2.75) is 33.2 Å². The summed E-state index contributed by atoms with van der Waals surface area (Å²) in [6.07, 6.45) is 4.89. The molecule has 0 bridgehead atoms. The minimum absolute atomic E-state index is 0.373. The number of nitrogens with two attached hydrogens (primary N) is 2. The van der Waals surface area contributed by atoms with Gasteiger partial charge < -0.3 is 16.0 Å². The number of rotatable bonds is 3. The van der Waals surface area contributed by atoms with E-state index in [9.17, 15) is 0 Å². The van der Waals surface area contributed by atoms with Gasteiger partial charge in [-0.2, -0.15) is 0 Å². The third-order valence-corrected chi connectivity index (χ3v) is 2.25. The molecule has 1 aromatic rings. The lowest BCUT2D eigenvalue weighted by Crippen LogP contribution is -2.06. The number of hydrogen-bond acceptors (Lipinski definition) is 2. The van der Waals surface area contributed by atoms with Crippen molar-refractivity contribution in [3.8, 4) is 0 Å². The first-order valence-corrected chi connectivity index (χ1v) is 5.00. The topological polar surface area (TPSA) is 57.0 Å². The molecule has 0 aromatic carbocycles. The molecule has 0 spiro atoms. The van der Waals surface area contributed by atoms with Crippen molar-refractivity contribution < 1.29 is 0 Å². The highest BCUT2D eigenvalue weighted by molar-refractivity contribution is 5.71. The maximum absolute atomic E-state index is 5.98. The van der Waals surface area contributed by atoms with Crippen LogP contribution >= 0.6 is 0 Å². The largest absolute Gasteiger partial charge is 0.398 e. The average Bonchev–Trinajstić information content (AvgIpc) is 2.47. The fourth-order valence-electron chi connectivity index (χ4n) is 1.48. The molecule has 0 saturated carbocycles. The number of nitrogens with zero attached hydrogens (tertiary/aromatic N) is 1. The molecule has 0 fully saturated rings. The van der Waals surface area contributed by atoms with Crippen molar-refractivity contribution in [1.82, 2.24) is 4.57 Å². The van der Waals surface area contributed by atoms with Crippen molar-refractivity contribution in [2.75, 3.05) is 5.73 Å². The smallest absolute Gasteiger partial charge is 0.112 e. The van der Waals surface area contributed by atoms with E-state index in [1.807, 2.05) is 22.9 Å². The number of nitrogen functional groups attached to an aromatic ring is 1. The van der Waals surface area contributed by atoms with E-state index in [-0.39, 0.29) is 0 Å². The van der Waals surface area contributed by atoms with Gasteiger partial charge in [0.15, 0.2) is 0 Å². The Bertz CT molecular complexity index is 334. The molecule has 78 valence electrons. The van der Waals surface area contributed by atoms with Crippen LogP contribution in [0.25, 0.3) is 5.70 Å². The second kappa shape index (κ2) is 4.22.